The van der Waals surface area contributed by atoms with E-state index in [0.29, 0.717) is 0 Å². The maximum atomic E-state index is 13.3. The normalized spacial score (nSPS) is 15.3. The number of amides is 1. The van der Waals surface area contributed by atoms with E-state index in [0.717, 1.165) is 55.9 Å². The van der Waals surface area contributed by atoms with Crippen molar-refractivity contribution in [3.8, 4) is 0 Å². The Morgan fingerprint density at radius 1 is 0.964 bits per heavy atom. The van der Waals surface area contributed by atoms with Gasteiger partial charge in [0.1, 0.15) is 5.69 Å². The SMILES string of the molecule is CCc1ccc2c(c1)c(C)c(C(=O)N1CCN(Cc3ccccc3)CC1)n2C. The number of fused-ring (bicyclic) bond motifs is 1. The molecule has 0 saturated carbocycles. The molecule has 1 aliphatic rings. The predicted octanol–water partition coefficient (Wildman–Crippen LogP) is 4.01. The van der Waals surface area contributed by atoms with Crippen molar-refractivity contribution in [3.63, 3.8) is 0 Å². The van der Waals surface area contributed by atoms with Crippen LogP contribution in [0.5, 0.6) is 0 Å². The summed E-state index contributed by atoms with van der Waals surface area (Å²) in [5, 5.41) is 1.20. The first-order chi connectivity index (χ1) is 13.6. The highest BCUT2D eigenvalue weighted by molar-refractivity contribution is 6.01. The van der Waals surface area contributed by atoms with E-state index >= 15 is 0 Å². The van der Waals surface area contributed by atoms with E-state index in [1.807, 2.05) is 11.9 Å². The third-order valence-electron chi connectivity index (χ3n) is 6.04. The Hall–Kier alpha value is -2.59. The number of hydrogen-bond acceptors (Lipinski definition) is 2. The van der Waals surface area contributed by atoms with E-state index < -0.39 is 0 Å². The number of carbonyl (C=O) groups excluding carboxylic acids is 1. The summed E-state index contributed by atoms with van der Waals surface area (Å²) in [5.74, 6) is 0.161. The highest BCUT2D eigenvalue weighted by Crippen LogP contribution is 2.27. The van der Waals surface area contributed by atoms with Gasteiger partial charge in [0.15, 0.2) is 0 Å². The van der Waals surface area contributed by atoms with Crippen LogP contribution in [0.15, 0.2) is 48.5 Å². The van der Waals surface area contributed by atoms with Gasteiger partial charge in [-0.3, -0.25) is 9.69 Å². The van der Waals surface area contributed by atoms with Crippen LogP contribution in [-0.4, -0.2) is 46.5 Å². The lowest BCUT2D eigenvalue weighted by Gasteiger charge is -2.35. The van der Waals surface area contributed by atoms with Crippen molar-refractivity contribution in [1.82, 2.24) is 14.4 Å². The molecule has 28 heavy (non-hydrogen) atoms. The second-order valence-electron chi connectivity index (χ2n) is 7.79. The summed E-state index contributed by atoms with van der Waals surface area (Å²) in [7, 11) is 2.01. The molecule has 0 aliphatic carbocycles. The summed E-state index contributed by atoms with van der Waals surface area (Å²) >= 11 is 0. The van der Waals surface area contributed by atoms with E-state index in [-0.39, 0.29) is 5.91 Å². The number of nitrogens with zero attached hydrogens (tertiary/aromatic N) is 3. The van der Waals surface area contributed by atoms with Crippen molar-refractivity contribution in [2.75, 3.05) is 26.2 Å². The standard InChI is InChI=1S/C24H29N3O/c1-4-19-10-11-22-21(16-19)18(2)23(25(22)3)24(28)27-14-12-26(13-15-27)17-20-8-6-5-7-9-20/h5-11,16H,4,12-15,17H2,1-3H3. The van der Waals surface area contributed by atoms with Gasteiger partial charge < -0.3 is 9.47 Å². The van der Waals surface area contributed by atoms with Crippen LogP contribution in [0.3, 0.4) is 0 Å². The van der Waals surface area contributed by atoms with Crippen LogP contribution in [0, 0.1) is 6.92 Å². The molecule has 0 bridgehead atoms. The summed E-state index contributed by atoms with van der Waals surface area (Å²) in [6.07, 6.45) is 1.01. The van der Waals surface area contributed by atoms with Crippen LogP contribution in [-0.2, 0) is 20.0 Å². The fourth-order valence-corrected chi connectivity index (χ4v) is 4.30. The highest BCUT2D eigenvalue weighted by Gasteiger charge is 2.26. The lowest BCUT2D eigenvalue weighted by molar-refractivity contribution is 0.0619. The van der Waals surface area contributed by atoms with E-state index in [1.54, 1.807) is 0 Å². The monoisotopic (exact) mass is 375 g/mol. The van der Waals surface area contributed by atoms with Crippen molar-refractivity contribution < 1.29 is 4.79 Å². The number of rotatable bonds is 4. The van der Waals surface area contributed by atoms with Gasteiger partial charge in [-0.25, -0.2) is 0 Å². The largest absolute Gasteiger partial charge is 0.339 e. The van der Waals surface area contributed by atoms with E-state index in [9.17, 15) is 4.79 Å². The van der Waals surface area contributed by atoms with Crippen LogP contribution in [0.2, 0.25) is 0 Å². The van der Waals surface area contributed by atoms with E-state index in [1.165, 1.54) is 16.5 Å². The third-order valence-corrected chi connectivity index (χ3v) is 6.04. The molecule has 0 unspecified atom stereocenters. The van der Waals surface area contributed by atoms with Crippen molar-refractivity contribution >= 4 is 16.8 Å². The average Bonchev–Trinajstić information content (AvgIpc) is 2.98. The Balaban J connectivity index is 1.50. The number of hydrogen-bond donors (Lipinski definition) is 0. The number of piperazine rings is 1. The Kier molecular flexibility index (Phi) is 5.23. The molecular formula is C24H29N3O. The first-order valence-electron chi connectivity index (χ1n) is 10.2. The van der Waals surface area contributed by atoms with Gasteiger partial charge in [-0.1, -0.05) is 43.3 Å². The van der Waals surface area contributed by atoms with Gasteiger partial charge in [0.05, 0.1) is 0 Å². The second-order valence-corrected chi connectivity index (χ2v) is 7.79. The minimum atomic E-state index is 0.161. The number of benzene rings is 2. The van der Waals surface area contributed by atoms with Crippen molar-refractivity contribution in [3.05, 3.63) is 70.9 Å². The summed E-state index contributed by atoms with van der Waals surface area (Å²) in [4.78, 5) is 17.8. The molecule has 4 nitrogen and oxygen atoms in total. The summed E-state index contributed by atoms with van der Waals surface area (Å²) in [6, 6.07) is 17.1. The van der Waals surface area contributed by atoms with Gasteiger partial charge in [-0.05, 0) is 42.2 Å². The molecule has 1 amide bonds. The predicted molar refractivity (Wildman–Crippen MR) is 115 cm³/mol. The third kappa shape index (κ3) is 3.45. The molecule has 1 aromatic heterocycles. The smallest absolute Gasteiger partial charge is 0.270 e. The number of aryl methyl sites for hydroxylation is 3. The van der Waals surface area contributed by atoms with Gasteiger partial charge >= 0.3 is 0 Å². The lowest BCUT2D eigenvalue weighted by atomic mass is 10.1. The Labute approximate surface area is 167 Å². The molecule has 2 heterocycles. The molecule has 4 heteroatoms. The fraction of sp³-hybridized carbons (Fsp3) is 0.375. The van der Waals surface area contributed by atoms with Crippen molar-refractivity contribution in [2.45, 2.75) is 26.8 Å². The molecular weight excluding hydrogens is 346 g/mol. The van der Waals surface area contributed by atoms with Crippen molar-refractivity contribution in [2.24, 2.45) is 7.05 Å². The summed E-state index contributed by atoms with van der Waals surface area (Å²) in [5.41, 5.74) is 5.72. The first-order valence-corrected chi connectivity index (χ1v) is 10.2. The molecule has 0 radical (unpaired) electrons. The second kappa shape index (κ2) is 7.80. The van der Waals surface area contributed by atoms with Gasteiger partial charge in [0.2, 0.25) is 0 Å². The van der Waals surface area contributed by atoms with Gasteiger partial charge in [0, 0.05) is 50.7 Å². The van der Waals surface area contributed by atoms with Crippen LogP contribution in [0.4, 0.5) is 0 Å². The van der Waals surface area contributed by atoms with Gasteiger partial charge in [-0.15, -0.1) is 0 Å². The first kappa shape index (κ1) is 18.8. The Bertz CT molecular complexity index is 982. The minimum Gasteiger partial charge on any atom is -0.339 e. The summed E-state index contributed by atoms with van der Waals surface area (Å²) in [6.45, 7) is 8.61. The quantitative estimate of drug-likeness (QED) is 0.689. The molecule has 146 valence electrons. The maximum absolute atomic E-state index is 13.3. The molecule has 1 fully saturated rings. The highest BCUT2D eigenvalue weighted by atomic mass is 16.2. The lowest BCUT2D eigenvalue weighted by Crippen LogP contribution is -2.48. The zero-order valence-corrected chi connectivity index (χ0v) is 17.1. The molecule has 0 atom stereocenters. The van der Waals surface area contributed by atoms with E-state index in [4.69, 9.17) is 0 Å². The zero-order chi connectivity index (χ0) is 19.7. The minimum absolute atomic E-state index is 0.161. The van der Waals surface area contributed by atoms with Crippen molar-refractivity contribution in [1.29, 1.82) is 0 Å². The molecule has 1 saturated heterocycles. The average molecular weight is 376 g/mol. The molecule has 0 N–H and O–H groups in total. The topological polar surface area (TPSA) is 28.5 Å². The molecule has 4 rings (SSSR count). The molecule has 3 aromatic rings. The Morgan fingerprint density at radius 2 is 1.68 bits per heavy atom. The maximum Gasteiger partial charge on any atom is 0.270 e. The van der Waals surface area contributed by atoms with Gasteiger partial charge in [0.25, 0.3) is 5.91 Å². The zero-order valence-electron chi connectivity index (χ0n) is 17.1. The summed E-state index contributed by atoms with van der Waals surface area (Å²) < 4.78 is 2.07. The molecule has 1 aliphatic heterocycles. The van der Waals surface area contributed by atoms with Crippen LogP contribution in [0.1, 0.15) is 34.1 Å². The number of aromatic nitrogens is 1. The van der Waals surface area contributed by atoms with Crippen LogP contribution >= 0.6 is 0 Å². The Morgan fingerprint density at radius 3 is 2.36 bits per heavy atom. The molecule has 0 spiro atoms. The van der Waals surface area contributed by atoms with Crippen LogP contribution < -0.4 is 0 Å². The number of carbonyl (C=O) groups is 1. The van der Waals surface area contributed by atoms with Crippen LogP contribution in [0.25, 0.3) is 10.9 Å². The fourth-order valence-electron chi connectivity index (χ4n) is 4.30. The molecule has 2 aromatic carbocycles. The van der Waals surface area contributed by atoms with Gasteiger partial charge in [-0.2, -0.15) is 0 Å². The van der Waals surface area contributed by atoms with E-state index in [2.05, 4.69) is 71.8 Å².